The fraction of sp³-hybridized carbons (Fsp3) is 0.333. The SMILES string of the molecule is CCCCNC(=O)c1cc(-c2ccc(C)c(C)c2)nn1-c1ccc(C)cc1C. The molecular formula is C24H29N3O. The Morgan fingerprint density at radius 2 is 1.75 bits per heavy atom. The zero-order chi connectivity index (χ0) is 20.3. The maximum Gasteiger partial charge on any atom is 0.270 e. The molecule has 3 rings (SSSR count). The van der Waals surface area contributed by atoms with Crippen LogP contribution in [0.5, 0.6) is 0 Å². The van der Waals surface area contributed by atoms with Crippen LogP contribution in [-0.4, -0.2) is 22.2 Å². The zero-order valence-electron chi connectivity index (χ0n) is 17.5. The number of aromatic nitrogens is 2. The Kier molecular flexibility index (Phi) is 5.98. The topological polar surface area (TPSA) is 46.9 Å². The third-order valence-electron chi connectivity index (χ3n) is 5.14. The fourth-order valence-electron chi connectivity index (χ4n) is 3.28. The average molecular weight is 376 g/mol. The number of hydrogen-bond donors (Lipinski definition) is 1. The number of amides is 1. The van der Waals surface area contributed by atoms with Gasteiger partial charge in [0.2, 0.25) is 0 Å². The number of hydrogen-bond acceptors (Lipinski definition) is 2. The highest BCUT2D eigenvalue weighted by atomic mass is 16.2. The van der Waals surface area contributed by atoms with E-state index in [-0.39, 0.29) is 5.91 Å². The van der Waals surface area contributed by atoms with Gasteiger partial charge in [0.15, 0.2) is 0 Å². The van der Waals surface area contributed by atoms with Crippen LogP contribution in [0.1, 0.15) is 52.5 Å². The number of nitrogens with one attached hydrogen (secondary N) is 1. The summed E-state index contributed by atoms with van der Waals surface area (Å²) in [6, 6.07) is 14.4. The second-order valence-corrected chi connectivity index (χ2v) is 7.53. The molecule has 1 heterocycles. The molecule has 0 aliphatic carbocycles. The molecule has 146 valence electrons. The summed E-state index contributed by atoms with van der Waals surface area (Å²) in [7, 11) is 0. The molecule has 0 bridgehead atoms. The van der Waals surface area contributed by atoms with E-state index in [4.69, 9.17) is 5.10 Å². The zero-order valence-corrected chi connectivity index (χ0v) is 17.5. The van der Waals surface area contributed by atoms with Gasteiger partial charge < -0.3 is 5.32 Å². The van der Waals surface area contributed by atoms with Gasteiger partial charge in [0.05, 0.1) is 11.4 Å². The first kappa shape index (κ1) is 19.9. The molecule has 1 amide bonds. The Morgan fingerprint density at radius 1 is 0.964 bits per heavy atom. The van der Waals surface area contributed by atoms with E-state index >= 15 is 0 Å². The van der Waals surface area contributed by atoms with E-state index in [1.807, 2.05) is 12.1 Å². The van der Waals surface area contributed by atoms with Crippen LogP contribution in [0.3, 0.4) is 0 Å². The predicted molar refractivity (Wildman–Crippen MR) is 115 cm³/mol. The van der Waals surface area contributed by atoms with Gasteiger partial charge in [-0.05, 0) is 69.0 Å². The monoisotopic (exact) mass is 375 g/mol. The lowest BCUT2D eigenvalue weighted by atomic mass is 10.0. The van der Waals surface area contributed by atoms with E-state index in [2.05, 4.69) is 70.3 Å². The third-order valence-corrected chi connectivity index (χ3v) is 5.14. The van der Waals surface area contributed by atoms with Crippen LogP contribution < -0.4 is 5.32 Å². The highest BCUT2D eigenvalue weighted by Gasteiger charge is 2.18. The van der Waals surface area contributed by atoms with Crippen molar-refractivity contribution in [1.82, 2.24) is 15.1 Å². The minimum absolute atomic E-state index is 0.0870. The van der Waals surface area contributed by atoms with Gasteiger partial charge >= 0.3 is 0 Å². The van der Waals surface area contributed by atoms with Gasteiger partial charge in [0, 0.05) is 12.1 Å². The van der Waals surface area contributed by atoms with Gasteiger partial charge in [-0.3, -0.25) is 4.79 Å². The number of benzene rings is 2. The van der Waals surface area contributed by atoms with Crippen molar-refractivity contribution >= 4 is 5.91 Å². The van der Waals surface area contributed by atoms with Crippen molar-refractivity contribution in [3.63, 3.8) is 0 Å². The van der Waals surface area contributed by atoms with E-state index < -0.39 is 0 Å². The maximum absolute atomic E-state index is 12.9. The van der Waals surface area contributed by atoms with Crippen molar-refractivity contribution in [2.75, 3.05) is 6.54 Å². The van der Waals surface area contributed by atoms with Crippen LogP contribution in [0.15, 0.2) is 42.5 Å². The molecule has 1 N–H and O–H groups in total. The number of carbonyl (C=O) groups is 1. The van der Waals surface area contributed by atoms with Crippen molar-refractivity contribution in [1.29, 1.82) is 0 Å². The lowest BCUT2D eigenvalue weighted by molar-refractivity contribution is 0.0945. The summed E-state index contributed by atoms with van der Waals surface area (Å²) in [6.45, 7) is 11.1. The van der Waals surface area contributed by atoms with Gasteiger partial charge in [0.25, 0.3) is 5.91 Å². The van der Waals surface area contributed by atoms with Gasteiger partial charge in [0.1, 0.15) is 5.69 Å². The van der Waals surface area contributed by atoms with Crippen molar-refractivity contribution < 1.29 is 4.79 Å². The number of rotatable bonds is 6. The summed E-state index contributed by atoms with van der Waals surface area (Å²) in [5.41, 5.74) is 8.08. The van der Waals surface area contributed by atoms with Crippen LogP contribution >= 0.6 is 0 Å². The van der Waals surface area contributed by atoms with E-state index in [1.165, 1.54) is 16.7 Å². The number of nitrogens with zero attached hydrogens (tertiary/aromatic N) is 2. The third kappa shape index (κ3) is 4.16. The second kappa shape index (κ2) is 8.42. The molecule has 3 aromatic rings. The van der Waals surface area contributed by atoms with Crippen molar-refractivity contribution in [3.8, 4) is 16.9 Å². The van der Waals surface area contributed by atoms with E-state index in [1.54, 1.807) is 4.68 Å². The molecule has 0 aliphatic heterocycles. The van der Waals surface area contributed by atoms with E-state index in [0.29, 0.717) is 12.2 Å². The van der Waals surface area contributed by atoms with Gasteiger partial charge in [-0.2, -0.15) is 5.10 Å². The number of aryl methyl sites for hydroxylation is 4. The van der Waals surface area contributed by atoms with Gasteiger partial charge in [-0.25, -0.2) is 4.68 Å². The van der Waals surface area contributed by atoms with Crippen LogP contribution in [0.25, 0.3) is 16.9 Å². The smallest absolute Gasteiger partial charge is 0.270 e. The largest absolute Gasteiger partial charge is 0.351 e. The van der Waals surface area contributed by atoms with Crippen LogP contribution in [0.2, 0.25) is 0 Å². The summed E-state index contributed by atoms with van der Waals surface area (Å²) in [4.78, 5) is 12.9. The average Bonchev–Trinajstić information content (AvgIpc) is 3.09. The quantitative estimate of drug-likeness (QED) is 0.594. The predicted octanol–water partition coefficient (Wildman–Crippen LogP) is 5.30. The maximum atomic E-state index is 12.9. The highest BCUT2D eigenvalue weighted by molar-refractivity contribution is 5.94. The first-order valence-electron chi connectivity index (χ1n) is 9.94. The molecule has 28 heavy (non-hydrogen) atoms. The van der Waals surface area contributed by atoms with Gasteiger partial charge in [-0.15, -0.1) is 0 Å². The normalized spacial score (nSPS) is 10.9. The molecule has 0 saturated carbocycles. The molecule has 0 fully saturated rings. The summed E-state index contributed by atoms with van der Waals surface area (Å²) < 4.78 is 1.78. The van der Waals surface area contributed by atoms with Crippen LogP contribution in [0.4, 0.5) is 0 Å². The van der Waals surface area contributed by atoms with Crippen molar-refractivity contribution in [3.05, 3.63) is 70.4 Å². The molecule has 1 aromatic heterocycles. The molecule has 0 spiro atoms. The standard InChI is InChI=1S/C24H29N3O/c1-6-7-12-25-24(28)23-15-21(20-10-9-17(3)18(4)14-20)26-27(23)22-11-8-16(2)13-19(22)5/h8-11,13-15H,6-7,12H2,1-5H3,(H,25,28). The van der Waals surface area contributed by atoms with E-state index in [0.717, 1.165) is 35.3 Å². The summed E-state index contributed by atoms with van der Waals surface area (Å²) >= 11 is 0. The Morgan fingerprint density at radius 3 is 2.43 bits per heavy atom. The lowest BCUT2D eigenvalue weighted by Gasteiger charge is -2.11. The summed E-state index contributed by atoms with van der Waals surface area (Å²) in [5, 5.41) is 7.84. The first-order chi connectivity index (χ1) is 13.4. The molecular weight excluding hydrogens is 346 g/mol. The van der Waals surface area contributed by atoms with Crippen molar-refractivity contribution in [2.24, 2.45) is 0 Å². The molecule has 0 unspecified atom stereocenters. The molecule has 0 radical (unpaired) electrons. The number of unbranched alkanes of at least 4 members (excludes halogenated alkanes) is 1. The van der Waals surface area contributed by atoms with Crippen molar-refractivity contribution in [2.45, 2.75) is 47.5 Å². The molecule has 2 aromatic carbocycles. The Balaban J connectivity index is 2.08. The van der Waals surface area contributed by atoms with Crippen LogP contribution in [0, 0.1) is 27.7 Å². The Labute approximate surface area is 167 Å². The number of carbonyl (C=O) groups excluding carboxylic acids is 1. The van der Waals surface area contributed by atoms with Gasteiger partial charge in [-0.1, -0.05) is 43.2 Å². The Hall–Kier alpha value is -2.88. The minimum Gasteiger partial charge on any atom is -0.351 e. The minimum atomic E-state index is -0.0870. The summed E-state index contributed by atoms with van der Waals surface area (Å²) in [6.07, 6.45) is 2.01. The molecule has 0 saturated heterocycles. The van der Waals surface area contributed by atoms with Crippen LogP contribution in [-0.2, 0) is 0 Å². The summed E-state index contributed by atoms with van der Waals surface area (Å²) in [5.74, 6) is -0.0870. The highest BCUT2D eigenvalue weighted by Crippen LogP contribution is 2.25. The Bertz CT molecular complexity index is 1000. The lowest BCUT2D eigenvalue weighted by Crippen LogP contribution is -2.26. The molecule has 0 aliphatic rings. The molecule has 4 nitrogen and oxygen atoms in total. The molecule has 0 atom stereocenters. The second-order valence-electron chi connectivity index (χ2n) is 7.53. The first-order valence-corrected chi connectivity index (χ1v) is 9.94. The fourth-order valence-corrected chi connectivity index (χ4v) is 3.28. The van der Waals surface area contributed by atoms with E-state index in [9.17, 15) is 4.79 Å². The molecule has 4 heteroatoms.